The molecule has 12 heteroatoms. The van der Waals surface area contributed by atoms with Crippen molar-refractivity contribution in [3.05, 3.63) is 24.0 Å². The van der Waals surface area contributed by atoms with E-state index in [0.717, 1.165) is 0 Å². The fourth-order valence-electron chi connectivity index (χ4n) is 1.42. The van der Waals surface area contributed by atoms with Crippen molar-refractivity contribution >= 4 is 11.6 Å². The zero-order valence-corrected chi connectivity index (χ0v) is 11.5. The lowest BCUT2D eigenvalue weighted by Gasteiger charge is -2.18. The third-order valence-corrected chi connectivity index (χ3v) is 2.49. The Kier molecular flexibility index (Phi) is 5.98. The van der Waals surface area contributed by atoms with Crippen LogP contribution >= 0.6 is 0 Å². The fourth-order valence-corrected chi connectivity index (χ4v) is 1.42. The highest BCUT2D eigenvalue weighted by Crippen LogP contribution is 2.30. The topological polar surface area (TPSA) is 64.4 Å². The minimum absolute atomic E-state index is 0.327. The van der Waals surface area contributed by atoms with E-state index in [2.05, 4.69) is 4.74 Å². The van der Waals surface area contributed by atoms with Gasteiger partial charge in [0.2, 0.25) is 5.91 Å². The molecule has 1 atom stereocenters. The van der Waals surface area contributed by atoms with Gasteiger partial charge in [0.1, 0.15) is 17.6 Å². The molecule has 1 aromatic carbocycles. The number of benzene rings is 1. The second kappa shape index (κ2) is 7.20. The largest absolute Gasteiger partial charge is 0.461 e. The monoisotopic (exact) mass is 366 g/mol. The second-order valence-electron chi connectivity index (χ2n) is 4.54. The third kappa shape index (κ3) is 5.83. The molecule has 136 valence electrons. The summed E-state index contributed by atoms with van der Waals surface area (Å²) in [5, 5.41) is 1.77. The van der Waals surface area contributed by atoms with Gasteiger partial charge in [0.15, 0.2) is 0 Å². The van der Waals surface area contributed by atoms with Crippen LogP contribution in [0.15, 0.2) is 18.2 Å². The molecule has 0 saturated heterocycles. The van der Waals surface area contributed by atoms with Gasteiger partial charge in [0.05, 0.1) is 6.42 Å². The number of halogens is 8. The number of anilines is 1. The van der Waals surface area contributed by atoms with Crippen LogP contribution in [-0.4, -0.2) is 30.7 Å². The summed E-state index contributed by atoms with van der Waals surface area (Å²) in [5.74, 6) is -3.61. The summed E-state index contributed by atoms with van der Waals surface area (Å²) in [6.07, 6.45) is -15.2. The lowest BCUT2D eigenvalue weighted by atomic mass is 10.2. The molecule has 1 amide bonds. The van der Waals surface area contributed by atoms with Crippen LogP contribution in [0.1, 0.15) is 6.42 Å². The maximum Gasteiger partial charge on any atom is 0.461 e. The lowest BCUT2D eigenvalue weighted by molar-refractivity contribution is -0.253. The van der Waals surface area contributed by atoms with Gasteiger partial charge < -0.3 is 15.8 Å². The average Bonchev–Trinajstić information content (AvgIpc) is 2.35. The number of alkyl halides is 7. The number of nitrogens with two attached hydrogens (primary N) is 1. The maximum atomic E-state index is 13.2. The molecule has 0 radical (unpaired) electrons. The van der Waals surface area contributed by atoms with E-state index in [1.165, 1.54) is 0 Å². The van der Waals surface area contributed by atoms with Gasteiger partial charge in [0.25, 0.3) is 0 Å². The summed E-state index contributed by atoms with van der Waals surface area (Å²) in [7, 11) is 0. The van der Waals surface area contributed by atoms with Crippen molar-refractivity contribution in [2.75, 3.05) is 5.32 Å². The summed E-state index contributed by atoms with van der Waals surface area (Å²) in [5.41, 5.74) is 4.14. The van der Waals surface area contributed by atoms with E-state index in [9.17, 15) is 39.9 Å². The summed E-state index contributed by atoms with van der Waals surface area (Å²) in [4.78, 5) is 11.4. The molecule has 0 heterocycles. The van der Waals surface area contributed by atoms with Crippen molar-refractivity contribution in [1.29, 1.82) is 0 Å². The van der Waals surface area contributed by atoms with Gasteiger partial charge >= 0.3 is 18.7 Å². The predicted molar refractivity (Wildman–Crippen MR) is 65.3 cm³/mol. The molecule has 0 bridgehead atoms. The zero-order chi connectivity index (χ0) is 18.7. The number of rotatable bonds is 6. The molecular formula is C12H10F8N2O2. The van der Waals surface area contributed by atoms with Crippen molar-refractivity contribution in [3.8, 4) is 5.75 Å². The SMILES string of the molecule is NC(CC(=O)Nc1cc(F)cc(OC(F)(F)C(F)F)c1)C(F)(F)F. The van der Waals surface area contributed by atoms with Crippen LogP contribution in [0.25, 0.3) is 0 Å². The first-order valence-corrected chi connectivity index (χ1v) is 6.09. The average molecular weight is 366 g/mol. The van der Waals surface area contributed by atoms with E-state index >= 15 is 0 Å². The molecule has 0 aromatic heterocycles. The Morgan fingerprint density at radius 2 is 1.75 bits per heavy atom. The number of amides is 1. The van der Waals surface area contributed by atoms with Crippen molar-refractivity contribution in [3.63, 3.8) is 0 Å². The van der Waals surface area contributed by atoms with E-state index in [0.29, 0.717) is 18.2 Å². The number of nitrogens with one attached hydrogen (secondary N) is 1. The van der Waals surface area contributed by atoms with E-state index in [1.54, 1.807) is 5.32 Å². The number of ether oxygens (including phenoxy) is 1. The fraction of sp³-hybridized carbons (Fsp3) is 0.417. The van der Waals surface area contributed by atoms with Crippen LogP contribution in [0.3, 0.4) is 0 Å². The smallest absolute Gasteiger partial charge is 0.428 e. The van der Waals surface area contributed by atoms with Crippen molar-refractivity contribution in [2.24, 2.45) is 5.73 Å². The first-order chi connectivity index (χ1) is 10.8. The highest BCUT2D eigenvalue weighted by molar-refractivity contribution is 5.91. The van der Waals surface area contributed by atoms with Gasteiger partial charge in [0, 0.05) is 17.8 Å². The van der Waals surface area contributed by atoms with Gasteiger partial charge in [-0.2, -0.15) is 30.7 Å². The minimum atomic E-state index is -4.92. The van der Waals surface area contributed by atoms with Crippen LogP contribution in [-0.2, 0) is 4.79 Å². The number of hydrogen-bond donors (Lipinski definition) is 2. The predicted octanol–water partition coefficient (Wildman–Crippen LogP) is 3.28. The summed E-state index contributed by atoms with van der Waals surface area (Å²) < 4.78 is 103. The number of carbonyl (C=O) groups is 1. The van der Waals surface area contributed by atoms with E-state index in [-0.39, 0.29) is 0 Å². The van der Waals surface area contributed by atoms with E-state index in [4.69, 9.17) is 5.73 Å². The van der Waals surface area contributed by atoms with Gasteiger partial charge in [-0.1, -0.05) is 0 Å². The van der Waals surface area contributed by atoms with Crippen LogP contribution in [0.4, 0.5) is 40.8 Å². The normalized spacial score (nSPS) is 13.8. The molecule has 0 aliphatic rings. The Bertz CT molecular complexity index is 591. The highest BCUT2D eigenvalue weighted by atomic mass is 19.4. The Morgan fingerprint density at radius 3 is 2.25 bits per heavy atom. The molecule has 0 saturated carbocycles. The van der Waals surface area contributed by atoms with Gasteiger partial charge in [-0.25, -0.2) is 4.39 Å². The Labute approximate surface area is 129 Å². The van der Waals surface area contributed by atoms with E-state index in [1.807, 2.05) is 0 Å². The molecule has 3 N–H and O–H groups in total. The van der Waals surface area contributed by atoms with Crippen LogP contribution in [0, 0.1) is 5.82 Å². The molecule has 1 rings (SSSR count). The van der Waals surface area contributed by atoms with Gasteiger partial charge in [-0.15, -0.1) is 0 Å². The second-order valence-corrected chi connectivity index (χ2v) is 4.54. The standard InChI is InChI=1S/C12H10F8N2O2/c13-5-1-6(22-9(23)4-8(21)11(16,17)18)3-7(2-5)24-12(19,20)10(14)15/h1-3,8,10H,4,21H2,(H,22,23). The maximum absolute atomic E-state index is 13.2. The number of carbonyl (C=O) groups excluding carboxylic acids is 1. The molecule has 0 fully saturated rings. The Hall–Kier alpha value is -2.11. The minimum Gasteiger partial charge on any atom is -0.428 e. The van der Waals surface area contributed by atoms with Crippen molar-refractivity contribution in [2.45, 2.75) is 31.2 Å². The Morgan fingerprint density at radius 1 is 1.17 bits per heavy atom. The summed E-state index contributed by atoms with van der Waals surface area (Å²) in [6, 6.07) is -1.07. The van der Waals surface area contributed by atoms with Crippen molar-refractivity contribution in [1.82, 2.24) is 0 Å². The third-order valence-electron chi connectivity index (χ3n) is 2.49. The summed E-state index contributed by atoms with van der Waals surface area (Å²) in [6.45, 7) is 0. The molecule has 24 heavy (non-hydrogen) atoms. The Balaban J connectivity index is 2.85. The van der Waals surface area contributed by atoms with Gasteiger partial charge in [-0.05, 0) is 6.07 Å². The highest BCUT2D eigenvalue weighted by Gasteiger charge is 2.44. The molecule has 1 aromatic rings. The quantitative estimate of drug-likeness (QED) is 0.760. The van der Waals surface area contributed by atoms with Crippen LogP contribution in [0.5, 0.6) is 5.75 Å². The summed E-state index contributed by atoms with van der Waals surface area (Å²) >= 11 is 0. The molecule has 4 nitrogen and oxygen atoms in total. The number of hydrogen-bond acceptors (Lipinski definition) is 3. The lowest BCUT2D eigenvalue weighted by Crippen LogP contribution is -2.40. The van der Waals surface area contributed by atoms with E-state index < -0.39 is 54.3 Å². The first-order valence-electron chi connectivity index (χ1n) is 6.09. The molecule has 1 unspecified atom stereocenters. The molecular weight excluding hydrogens is 356 g/mol. The molecule has 0 aliphatic heterocycles. The molecule has 0 spiro atoms. The van der Waals surface area contributed by atoms with Crippen LogP contribution in [0.2, 0.25) is 0 Å². The van der Waals surface area contributed by atoms with Gasteiger partial charge in [-0.3, -0.25) is 4.79 Å². The zero-order valence-electron chi connectivity index (χ0n) is 11.5. The molecule has 0 aliphatic carbocycles. The van der Waals surface area contributed by atoms with Crippen LogP contribution < -0.4 is 15.8 Å². The van der Waals surface area contributed by atoms with Crippen molar-refractivity contribution < 1.29 is 44.7 Å². The first kappa shape index (κ1) is 19.9.